The third-order valence-electron chi connectivity index (χ3n) is 5.53. The van der Waals surface area contributed by atoms with Crippen LogP contribution >= 0.6 is 23.4 Å². The number of ether oxygens (including phenoxy) is 1. The summed E-state index contributed by atoms with van der Waals surface area (Å²) in [7, 11) is 0. The van der Waals surface area contributed by atoms with Crippen molar-refractivity contribution in [2.24, 2.45) is 4.99 Å². The average molecular weight is 511 g/mol. The third-order valence-corrected chi connectivity index (χ3v) is 6.77. The highest BCUT2D eigenvalue weighted by atomic mass is 35.5. The minimum absolute atomic E-state index is 0.121. The van der Waals surface area contributed by atoms with E-state index >= 15 is 0 Å². The fraction of sp³-hybridized carbons (Fsp3) is 0.308. The van der Waals surface area contributed by atoms with Crippen LogP contribution in [0.15, 0.2) is 76.0 Å². The number of nitrogens with zero attached hydrogens (tertiary/aromatic N) is 3. The number of pyridine rings is 1. The zero-order chi connectivity index (χ0) is 24.9. The van der Waals surface area contributed by atoms with Crippen LogP contribution in [0.25, 0.3) is 0 Å². The van der Waals surface area contributed by atoms with Gasteiger partial charge in [0.2, 0.25) is 5.91 Å². The van der Waals surface area contributed by atoms with E-state index in [1.165, 1.54) is 11.8 Å². The van der Waals surface area contributed by atoms with Crippen LogP contribution in [0.1, 0.15) is 44.5 Å². The minimum atomic E-state index is -0.551. The van der Waals surface area contributed by atoms with Crippen LogP contribution < -0.4 is 5.32 Å². The Morgan fingerprint density at radius 1 is 1.20 bits per heavy atom. The van der Waals surface area contributed by atoms with Gasteiger partial charge in [0.15, 0.2) is 5.17 Å². The van der Waals surface area contributed by atoms with Crippen molar-refractivity contribution < 1.29 is 14.3 Å². The molecule has 3 heterocycles. The van der Waals surface area contributed by atoms with Crippen molar-refractivity contribution in [3.63, 3.8) is 0 Å². The number of nitrogens with one attached hydrogen (secondary N) is 1. The number of fused-ring (bicyclic) bond motifs is 1. The lowest BCUT2D eigenvalue weighted by Gasteiger charge is -2.36. The molecule has 0 saturated heterocycles. The fourth-order valence-corrected chi connectivity index (χ4v) is 5.21. The quantitative estimate of drug-likeness (QED) is 0.502. The molecule has 1 aromatic heterocycles. The van der Waals surface area contributed by atoms with Gasteiger partial charge in [-0.25, -0.2) is 9.79 Å². The second kappa shape index (κ2) is 11.1. The number of amidine groups is 1. The van der Waals surface area contributed by atoms with E-state index in [0.29, 0.717) is 34.4 Å². The number of aliphatic imine (C=N–C) groups is 1. The van der Waals surface area contributed by atoms with Crippen LogP contribution in [-0.4, -0.2) is 39.6 Å². The fourth-order valence-electron chi connectivity index (χ4n) is 4.00. The van der Waals surface area contributed by atoms with E-state index < -0.39 is 12.0 Å². The van der Waals surface area contributed by atoms with Gasteiger partial charge in [-0.15, -0.1) is 0 Å². The van der Waals surface area contributed by atoms with E-state index in [0.717, 1.165) is 17.0 Å². The molecule has 0 spiro atoms. The zero-order valence-electron chi connectivity index (χ0n) is 19.8. The SMILES string of the molecule is CC1=C(C(=O)OC(C)C)C(c2ccccc2Cl)N2C(CC(=O)NCCc3ccccn3)=CSC2=N1. The lowest BCUT2D eigenvalue weighted by Crippen LogP contribution is -2.38. The highest BCUT2D eigenvalue weighted by Gasteiger charge is 2.42. The van der Waals surface area contributed by atoms with Crippen LogP contribution in [0.4, 0.5) is 0 Å². The van der Waals surface area contributed by atoms with Gasteiger partial charge in [0.05, 0.1) is 29.8 Å². The molecule has 0 radical (unpaired) electrons. The summed E-state index contributed by atoms with van der Waals surface area (Å²) in [4.78, 5) is 36.9. The van der Waals surface area contributed by atoms with Crippen molar-refractivity contribution in [2.75, 3.05) is 6.54 Å². The van der Waals surface area contributed by atoms with Gasteiger partial charge in [-0.2, -0.15) is 0 Å². The van der Waals surface area contributed by atoms with Crippen molar-refractivity contribution in [3.8, 4) is 0 Å². The van der Waals surface area contributed by atoms with E-state index in [-0.39, 0.29) is 18.4 Å². The van der Waals surface area contributed by atoms with Gasteiger partial charge < -0.3 is 15.0 Å². The van der Waals surface area contributed by atoms with Gasteiger partial charge in [0, 0.05) is 35.6 Å². The molecule has 0 bridgehead atoms. The van der Waals surface area contributed by atoms with Crippen LogP contribution in [0.5, 0.6) is 0 Å². The van der Waals surface area contributed by atoms with Crippen LogP contribution in [0.2, 0.25) is 5.02 Å². The first-order valence-electron chi connectivity index (χ1n) is 11.4. The standard InChI is InChI=1S/C26H27ClN4O3S/c1-16(2)34-25(33)23-17(3)30-26-31(24(23)20-9-4-5-10-21(20)27)19(15-35-26)14-22(32)29-13-11-18-8-6-7-12-28-18/h4-10,12,15-16,24H,11,13-14H2,1-3H3,(H,29,32). The van der Waals surface area contributed by atoms with Gasteiger partial charge in [-0.05, 0) is 49.9 Å². The number of aromatic nitrogens is 1. The number of benzene rings is 1. The Hall–Kier alpha value is -3.10. The molecular weight excluding hydrogens is 484 g/mol. The summed E-state index contributed by atoms with van der Waals surface area (Å²) in [6, 6.07) is 12.6. The molecule has 1 unspecified atom stereocenters. The number of rotatable bonds is 8. The van der Waals surface area contributed by atoms with E-state index in [1.54, 1.807) is 19.2 Å². The maximum atomic E-state index is 13.2. The summed E-state index contributed by atoms with van der Waals surface area (Å²) in [6.45, 7) is 5.90. The Morgan fingerprint density at radius 3 is 2.69 bits per heavy atom. The Balaban J connectivity index is 1.57. The number of amides is 1. The Labute approximate surface area is 214 Å². The molecule has 9 heteroatoms. The molecule has 2 aliphatic heterocycles. The molecule has 0 fully saturated rings. The molecule has 0 saturated carbocycles. The number of halogens is 1. The van der Waals surface area contributed by atoms with Gasteiger partial charge in [-0.3, -0.25) is 9.78 Å². The van der Waals surface area contributed by atoms with Crippen molar-refractivity contribution >= 4 is 40.4 Å². The molecule has 35 heavy (non-hydrogen) atoms. The molecule has 0 aliphatic carbocycles. The largest absolute Gasteiger partial charge is 0.459 e. The predicted molar refractivity (Wildman–Crippen MR) is 139 cm³/mol. The summed E-state index contributed by atoms with van der Waals surface area (Å²) in [5.41, 5.74) is 3.41. The molecule has 2 aliphatic rings. The lowest BCUT2D eigenvalue weighted by atomic mass is 9.93. The Kier molecular flexibility index (Phi) is 7.93. The number of hydrogen-bond donors (Lipinski definition) is 1. The van der Waals surface area contributed by atoms with Crippen LogP contribution in [0.3, 0.4) is 0 Å². The van der Waals surface area contributed by atoms with E-state index in [1.807, 2.05) is 60.6 Å². The Bertz CT molecular complexity index is 1210. The molecule has 2 aromatic rings. The molecule has 182 valence electrons. The monoisotopic (exact) mass is 510 g/mol. The highest BCUT2D eigenvalue weighted by Crippen LogP contribution is 2.46. The van der Waals surface area contributed by atoms with Crippen molar-refractivity contribution in [1.82, 2.24) is 15.2 Å². The van der Waals surface area contributed by atoms with E-state index in [2.05, 4.69) is 15.3 Å². The molecule has 1 N–H and O–H groups in total. The predicted octanol–water partition coefficient (Wildman–Crippen LogP) is 5.01. The number of hydrogen-bond acceptors (Lipinski definition) is 7. The number of carbonyl (C=O) groups excluding carboxylic acids is 2. The van der Waals surface area contributed by atoms with Crippen LogP contribution in [-0.2, 0) is 20.7 Å². The van der Waals surface area contributed by atoms with Gasteiger partial charge >= 0.3 is 5.97 Å². The minimum Gasteiger partial charge on any atom is -0.459 e. The van der Waals surface area contributed by atoms with E-state index in [9.17, 15) is 9.59 Å². The zero-order valence-corrected chi connectivity index (χ0v) is 21.4. The second-order valence-corrected chi connectivity index (χ2v) is 9.71. The summed E-state index contributed by atoms with van der Waals surface area (Å²) in [5, 5.41) is 6.10. The number of allylic oxidation sites excluding steroid dienone is 1. The summed E-state index contributed by atoms with van der Waals surface area (Å²) in [5.74, 6) is -0.564. The summed E-state index contributed by atoms with van der Waals surface area (Å²) in [6.07, 6.45) is 2.24. The van der Waals surface area contributed by atoms with Crippen molar-refractivity contribution in [2.45, 2.75) is 45.8 Å². The van der Waals surface area contributed by atoms with E-state index in [4.69, 9.17) is 16.3 Å². The van der Waals surface area contributed by atoms with Crippen LogP contribution in [0, 0.1) is 0 Å². The first-order chi connectivity index (χ1) is 16.8. The lowest BCUT2D eigenvalue weighted by molar-refractivity contribution is -0.143. The first kappa shape index (κ1) is 25.0. The van der Waals surface area contributed by atoms with Crippen molar-refractivity contribution in [1.29, 1.82) is 0 Å². The normalized spacial score (nSPS) is 17.2. The second-order valence-electron chi connectivity index (χ2n) is 8.47. The maximum Gasteiger partial charge on any atom is 0.338 e. The average Bonchev–Trinajstić information content (AvgIpc) is 3.20. The summed E-state index contributed by atoms with van der Waals surface area (Å²) >= 11 is 8.03. The number of esters is 1. The molecular formula is C26H27ClN4O3S. The topological polar surface area (TPSA) is 83.9 Å². The van der Waals surface area contributed by atoms with Gasteiger partial charge in [0.1, 0.15) is 0 Å². The van der Waals surface area contributed by atoms with Gasteiger partial charge in [0.25, 0.3) is 0 Å². The highest BCUT2D eigenvalue weighted by molar-refractivity contribution is 8.16. The number of carbonyl (C=O) groups is 2. The molecule has 1 aromatic carbocycles. The smallest absolute Gasteiger partial charge is 0.338 e. The summed E-state index contributed by atoms with van der Waals surface area (Å²) < 4.78 is 5.56. The molecule has 4 rings (SSSR count). The molecule has 1 atom stereocenters. The maximum absolute atomic E-state index is 13.2. The van der Waals surface area contributed by atoms with Crippen molar-refractivity contribution in [3.05, 3.63) is 87.3 Å². The first-order valence-corrected chi connectivity index (χ1v) is 12.7. The number of thioether (sulfide) groups is 1. The van der Waals surface area contributed by atoms with Gasteiger partial charge in [-0.1, -0.05) is 47.6 Å². The molecule has 1 amide bonds. The molecule has 7 nitrogen and oxygen atoms in total. The third kappa shape index (κ3) is 5.77. The Morgan fingerprint density at radius 2 is 1.97 bits per heavy atom.